The lowest BCUT2D eigenvalue weighted by atomic mass is 9.92. The van der Waals surface area contributed by atoms with Crippen molar-refractivity contribution in [3.63, 3.8) is 0 Å². The van der Waals surface area contributed by atoms with E-state index in [1.54, 1.807) is 0 Å². The number of carbonyl (C=O) groups is 1. The molecule has 0 bridgehead atoms. The molecule has 2 fully saturated rings. The average Bonchev–Trinajstić information content (AvgIpc) is 2.91. The summed E-state index contributed by atoms with van der Waals surface area (Å²) in [4.78, 5) is 17.1. The van der Waals surface area contributed by atoms with Crippen molar-refractivity contribution in [2.75, 3.05) is 46.3 Å². The van der Waals surface area contributed by atoms with E-state index >= 15 is 0 Å². The molecule has 0 aromatic heterocycles. The fourth-order valence-electron chi connectivity index (χ4n) is 3.67. The van der Waals surface area contributed by atoms with E-state index in [0.29, 0.717) is 11.8 Å². The standard InChI is InChI=1S/C17H33N3O/c1-4-5-8-19(3)13-15-6-9-20(10-7-15)17(21)16-12-18-11-14(16)2/h14-16,18H,4-13H2,1-3H3. The van der Waals surface area contributed by atoms with Crippen LogP contribution in [0, 0.1) is 17.8 Å². The molecule has 4 heteroatoms. The van der Waals surface area contributed by atoms with Crippen molar-refractivity contribution in [3.05, 3.63) is 0 Å². The van der Waals surface area contributed by atoms with E-state index in [-0.39, 0.29) is 5.92 Å². The predicted octanol–water partition coefficient (Wildman–Crippen LogP) is 1.81. The summed E-state index contributed by atoms with van der Waals surface area (Å²) in [6, 6.07) is 0. The third kappa shape index (κ3) is 4.68. The summed E-state index contributed by atoms with van der Waals surface area (Å²) in [7, 11) is 2.24. The molecule has 0 aromatic rings. The van der Waals surface area contributed by atoms with Crippen LogP contribution in [0.15, 0.2) is 0 Å². The minimum atomic E-state index is 0.216. The molecule has 0 aromatic carbocycles. The minimum absolute atomic E-state index is 0.216. The third-order valence-corrected chi connectivity index (χ3v) is 5.22. The first-order chi connectivity index (χ1) is 10.1. The lowest BCUT2D eigenvalue weighted by Crippen LogP contribution is -2.45. The summed E-state index contributed by atoms with van der Waals surface area (Å²) < 4.78 is 0. The number of rotatable bonds is 6. The van der Waals surface area contributed by atoms with Crippen molar-refractivity contribution in [2.24, 2.45) is 17.8 Å². The predicted molar refractivity (Wildman–Crippen MR) is 87.2 cm³/mol. The van der Waals surface area contributed by atoms with Gasteiger partial charge in [-0.05, 0) is 51.2 Å². The van der Waals surface area contributed by atoms with Crippen molar-refractivity contribution >= 4 is 5.91 Å². The Morgan fingerprint density at radius 2 is 2.00 bits per heavy atom. The molecule has 2 aliphatic heterocycles. The van der Waals surface area contributed by atoms with Crippen LogP contribution in [0.1, 0.15) is 39.5 Å². The number of nitrogens with zero attached hydrogens (tertiary/aromatic N) is 2. The second-order valence-corrected chi connectivity index (χ2v) is 7.13. The largest absolute Gasteiger partial charge is 0.342 e. The van der Waals surface area contributed by atoms with E-state index in [1.807, 2.05) is 0 Å². The summed E-state index contributed by atoms with van der Waals surface area (Å²) in [6.07, 6.45) is 4.92. The van der Waals surface area contributed by atoms with Crippen LogP contribution in [-0.4, -0.2) is 62.0 Å². The van der Waals surface area contributed by atoms with Crippen molar-refractivity contribution in [3.8, 4) is 0 Å². The van der Waals surface area contributed by atoms with Gasteiger partial charge in [-0.3, -0.25) is 4.79 Å². The summed E-state index contributed by atoms with van der Waals surface area (Å²) in [6.45, 7) is 10.6. The molecule has 0 saturated carbocycles. The van der Waals surface area contributed by atoms with Crippen molar-refractivity contribution < 1.29 is 4.79 Å². The molecular weight excluding hydrogens is 262 g/mol. The van der Waals surface area contributed by atoms with E-state index < -0.39 is 0 Å². The lowest BCUT2D eigenvalue weighted by Gasteiger charge is -2.35. The molecule has 2 unspecified atom stereocenters. The van der Waals surface area contributed by atoms with Crippen LogP contribution in [0.4, 0.5) is 0 Å². The maximum Gasteiger partial charge on any atom is 0.227 e. The number of piperidine rings is 1. The fourth-order valence-corrected chi connectivity index (χ4v) is 3.67. The molecule has 21 heavy (non-hydrogen) atoms. The smallest absolute Gasteiger partial charge is 0.227 e. The molecule has 1 N–H and O–H groups in total. The van der Waals surface area contributed by atoms with Crippen LogP contribution in [0.25, 0.3) is 0 Å². The summed E-state index contributed by atoms with van der Waals surface area (Å²) in [5.41, 5.74) is 0. The Hall–Kier alpha value is -0.610. The molecule has 2 heterocycles. The van der Waals surface area contributed by atoms with Gasteiger partial charge in [0.2, 0.25) is 5.91 Å². The van der Waals surface area contributed by atoms with Crippen molar-refractivity contribution in [1.29, 1.82) is 0 Å². The normalized spacial score (nSPS) is 27.5. The quantitative estimate of drug-likeness (QED) is 0.812. The van der Waals surface area contributed by atoms with Gasteiger partial charge in [0.1, 0.15) is 0 Å². The van der Waals surface area contributed by atoms with Gasteiger partial charge in [-0.15, -0.1) is 0 Å². The van der Waals surface area contributed by atoms with Crippen molar-refractivity contribution in [2.45, 2.75) is 39.5 Å². The van der Waals surface area contributed by atoms with Gasteiger partial charge in [-0.1, -0.05) is 20.3 Å². The van der Waals surface area contributed by atoms with E-state index in [0.717, 1.165) is 32.1 Å². The SMILES string of the molecule is CCCCN(C)CC1CCN(C(=O)C2CNCC2C)CC1. The number of amides is 1. The van der Waals surface area contributed by atoms with E-state index in [2.05, 4.69) is 36.0 Å². The number of likely N-dealkylation sites (tertiary alicyclic amines) is 1. The second-order valence-electron chi connectivity index (χ2n) is 7.13. The number of unbranched alkanes of at least 4 members (excludes halogenated alkanes) is 1. The van der Waals surface area contributed by atoms with Gasteiger partial charge in [-0.2, -0.15) is 0 Å². The van der Waals surface area contributed by atoms with E-state index in [1.165, 1.54) is 38.8 Å². The number of nitrogens with one attached hydrogen (secondary N) is 1. The molecule has 2 aliphatic rings. The molecular formula is C17H33N3O. The number of carbonyl (C=O) groups excluding carboxylic acids is 1. The summed E-state index contributed by atoms with van der Waals surface area (Å²) in [5, 5.41) is 3.34. The Labute approximate surface area is 130 Å². The minimum Gasteiger partial charge on any atom is -0.342 e. The monoisotopic (exact) mass is 295 g/mol. The van der Waals surface area contributed by atoms with Gasteiger partial charge in [0.05, 0.1) is 5.92 Å². The summed E-state index contributed by atoms with van der Waals surface area (Å²) >= 11 is 0. The van der Waals surface area contributed by atoms with Crippen LogP contribution in [0.2, 0.25) is 0 Å². The Bertz CT molecular complexity index is 326. The lowest BCUT2D eigenvalue weighted by molar-refractivity contribution is -0.137. The van der Waals surface area contributed by atoms with Crippen LogP contribution >= 0.6 is 0 Å². The number of hydrogen-bond donors (Lipinski definition) is 1. The second kappa shape index (κ2) is 8.14. The number of hydrogen-bond acceptors (Lipinski definition) is 3. The van der Waals surface area contributed by atoms with Crippen molar-refractivity contribution in [1.82, 2.24) is 15.1 Å². The summed E-state index contributed by atoms with van der Waals surface area (Å²) in [5.74, 6) is 1.88. The first-order valence-corrected chi connectivity index (χ1v) is 8.79. The Morgan fingerprint density at radius 1 is 1.29 bits per heavy atom. The maximum atomic E-state index is 12.6. The highest BCUT2D eigenvalue weighted by atomic mass is 16.2. The van der Waals surface area contributed by atoms with Crippen LogP contribution in [-0.2, 0) is 4.79 Å². The zero-order valence-electron chi connectivity index (χ0n) is 14.1. The third-order valence-electron chi connectivity index (χ3n) is 5.22. The molecule has 1 amide bonds. The van der Waals surface area contributed by atoms with Gasteiger partial charge in [0.15, 0.2) is 0 Å². The highest BCUT2D eigenvalue weighted by molar-refractivity contribution is 5.79. The fraction of sp³-hybridized carbons (Fsp3) is 0.941. The highest BCUT2D eigenvalue weighted by Gasteiger charge is 2.34. The zero-order valence-corrected chi connectivity index (χ0v) is 14.1. The van der Waals surface area contributed by atoms with Gasteiger partial charge < -0.3 is 15.1 Å². The molecule has 0 radical (unpaired) electrons. The molecule has 4 nitrogen and oxygen atoms in total. The van der Waals surface area contributed by atoms with Gasteiger partial charge in [0.25, 0.3) is 0 Å². The van der Waals surface area contributed by atoms with Crippen LogP contribution in [0.5, 0.6) is 0 Å². The van der Waals surface area contributed by atoms with Gasteiger partial charge >= 0.3 is 0 Å². The molecule has 2 saturated heterocycles. The Balaban J connectivity index is 1.71. The van der Waals surface area contributed by atoms with Gasteiger partial charge in [0, 0.05) is 26.2 Å². The molecule has 2 rings (SSSR count). The molecule has 0 aliphatic carbocycles. The molecule has 2 atom stereocenters. The van der Waals surface area contributed by atoms with E-state index in [9.17, 15) is 4.79 Å². The molecule has 0 spiro atoms. The topological polar surface area (TPSA) is 35.6 Å². The Morgan fingerprint density at radius 3 is 2.57 bits per heavy atom. The van der Waals surface area contributed by atoms with E-state index in [4.69, 9.17) is 0 Å². The highest BCUT2D eigenvalue weighted by Crippen LogP contribution is 2.23. The van der Waals surface area contributed by atoms with Crippen LogP contribution in [0.3, 0.4) is 0 Å². The first-order valence-electron chi connectivity index (χ1n) is 8.79. The zero-order chi connectivity index (χ0) is 15.2. The van der Waals surface area contributed by atoms with Crippen LogP contribution < -0.4 is 5.32 Å². The average molecular weight is 295 g/mol. The Kier molecular flexibility index (Phi) is 6.49. The first kappa shape index (κ1) is 16.8. The molecule has 122 valence electrons. The van der Waals surface area contributed by atoms with Gasteiger partial charge in [-0.25, -0.2) is 0 Å². The maximum absolute atomic E-state index is 12.6.